The van der Waals surface area contributed by atoms with E-state index in [4.69, 9.17) is 4.74 Å². The zero-order valence-corrected chi connectivity index (χ0v) is 21.2. The van der Waals surface area contributed by atoms with E-state index >= 15 is 0 Å². The van der Waals surface area contributed by atoms with E-state index in [9.17, 15) is 23.4 Å². The molecule has 0 radical (unpaired) electrons. The molecule has 2 fully saturated rings. The molecule has 2 aromatic carbocycles. The second-order valence-corrected chi connectivity index (χ2v) is 12.0. The molecule has 4 rings (SSSR count). The third-order valence-corrected chi connectivity index (χ3v) is 9.61. The highest BCUT2D eigenvalue weighted by Crippen LogP contribution is 2.53. The second-order valence-electron chi connectivity index (χ2n) is 10.1. The second kappa shape index (κ2) is 10.3. The van der Waals surface area contributed by atoms with Crippen LogP contribution in [0.4, 0.5) is 5.69 Å². The smallest absolute Gasteiger partial charge is 0.335 e. The molecule has 0 amide bonds. The number of rotatable bonds is 10. The number of carboxylic acid groups (broad SMARTS) is 1. The molecule has 1 heterocycles. The molecule has 3 unspecified atom stereocenters. The molecule has 2 N–H and O–H groups in total. The standard InChI is InChI=1S/C27H35NO6S/c1-3-11-27(12-6-13-27)25(29)21-8-5-10-23(15-21)28-24(19(2)18-35(28,32)33)17-34-16-20-7-4-9-22(14-20)26(30)31/h4-5,7-10,14-15,19,24-25,29H,3,6,11-13,16-18H2,1-2H3,(H,30,31). The lowest BCUT2D eigenvalue weighted by Gasteiger charge is -2.46. The zero-order valence-electron chi connectivity index (χ0n) is 20.4. The van der Waals surface area contributed by atoms with Gasteiger partial charge in [0, 0.05) is 5.41 Å². The lowest BCUT2D eigenvalue weighted by atomic mass is 9.61. The van der Waals surface area contributed by atoms with Gasteiger partial charge in [-0.15, -0.1) is 0 Å². The molecule has 190 valence electrons. The Labute approximate surface area is 207 Å². The summed E-state index contributed by atoms with van der Waals surface area (Å²) in [5.74, 6) is -1.11. The van der Waals surface area contributed by atoms with Gasteiger partial charge in [0.2, 0.25) is 10.0 Å². The van der Waals surface area contributed by atoms with Crippen LogP contribution in [0, 0.1) is 11.3 Å². The molecule has 1 saturated carbocycles. The molecule has 1 aliphatic heterocycles. The number of nitrogens with zero attached hydrogens (tertiary/aromatic N) is 1. The third kappa shape index (κ3) is 5.25. The van der Waals surface area contributed by atoms with E-state index < -0.39 is 22.1 Å². The van der Waals surface area contributed by atoms with Gasteiger partial charge in [-0.2, -0.15) is 0 Å². The highest BCUT2D eigenvalue weighted by Gasteiger charge is 2.45. The first kappa shape index (κ1) is 25.7. The number of hydrogen-bond donors (Lipinski definition) is 2. The maximum absolute atomic E-state index is 13.1. The van der Waals surface area contributed by atoms with Crippen molar-refractivity contribution in [1.82, 2.24) is 0 Å². The number of aliphatic hydroxyl groups excluding tert-OH is 1. The van der Waals surface area contributed by atoms with E-state index in [1.54, 1.807) is 24.3 Å². The van der Waals surface area contributed by atoms with Crippen molar-refractivity contribution in [1.29, 1.82) is 0 Å². The minimum atomic E-state index is -3.54. The molecule has 8 heteroatoms. The fraction of sp³-hybridized carbons (Fsp3) is 0.519. The zero-order chi connectivity index (χ0) is 25.2. The lowest BCUT2D eigenvalue weighted by molar-refractivity contribution is -0.0440. The molecule has 2 aromatic rings. The van der Waals surface area contributed by atoms with Gasteiger partial charge in [-0.1, -0.05) is 51.0 Å². The first-order chi connectivity index (χ1) is 16.7. The van der Waals surface area contributed by atoms with Crippen molar-refractivity contribution in [2.75, 3.05) is 16.7 Å². The van der Waals surface area contributed by atoms with Crippen molar-refractivity contribution in [2.45, 2.75) is 64.7 Å². The summed E-state index contributed by atoms with van der Waals surface area (Å²) in [6.07, 6.45) is 4.44. The van der Waals surface area contributed by atoms with Crippen molar-refractivity contribution in [2.24, 2.45) is 11.3 Å². The average molecular weight is 502 g/mol. The molecule has 1 saturated heterocycles. The van der Waals surface area contributed by atoms with E-state index in [1.807, 2.05) is 25.1 Å². The van der Waals surface area contributed by atoms with Crippen molar-refractivity contribution < 1.29 is 28.2 Å². The van der Waals surface area contributed by atoms with E-state index in [0.29, 0.717) is 5.69 Å². The monoisotopic (exact) mass is 501 g/mol. The molecule has 0 aromatic heterocycles. The van der Waals surface area contributed by atoms with Crippen LogP contribution in [0.2, 0.25) is 0 Å². The number of carbonyl (C=O) groups is 1. The minimum Gasteiger partial charge on any atom is -0.478 e. The topological polar surface area (TPSA) is 104 Å². The van der Waals surface area contributed by atoms with Gasteiger partial charge in [-0.05, 0) is 60.6 Å². The van der Waals surface area contributed by atoms with Gasteiger partial charge in [0.25, 0.3) is 0 Å². The van der Waals surface area contributed by atoms with Crippen LogP contribution in [0.25, 0.3) is 0 Å². The maximum Gasteiger partial charge on any atom is 0.335 e. The number of sulfonamides is 1. The Hall–Kier alpha value is -2.42. The Bertz CT molecular complexity index is 1160. The van der Waals surface area contributed by atoms with Crippen LogP contribution in [0.3, 0.4) is 0 Å². The molecule has 0 bridgehead atoms. The lowest BCUT2D eigenvalue weighted by Crippen LogP contribution is -2.39. The highest BCUT2D eigenvalue weighted by atomic mass is 32.2. The Morgan fingerprint density at radius 3 is 2.60 bits per heavy atom. The van der Waals surface area contributed by atoms with Crippen molar-refractivity contribution in [3.63, 3.8) is 0 Å². The summed E-state index contributed by atoms with van der Waals surface area (Å²) >= 11 is 0. The van der Waals surface area contributed by atoms with Gasteiger partial charge in [0.1, 0.15) is 0 Å². The van der Waals surface area contributed by atoms with Gasteiger partial charge in [0.15, 0.2) is 0 Å². The largest absolute Gasteiger partial charge is 0.478 e. The van der Waals surface area contributed by atoms with Gasteiger partial charge < -0.3 is 14.9 Å². The molecule has 7 nitrogen and oxygen atoms in total. The maximum atomic E-state index is 13.1. The molecule has 2 aliphatic rings. The van der Waals surface area contributed by atoms with Crippen LogP contribution in [0.5, 0.6) is 0 Å². The SMILES string of the molecule is CCCC1(C(O)c2cccc(N3C(COCc4cccc(C(=O)O)c4)C(C)CS3(=O)=O)c2)CCC1. The van der Waals surface area contributed by atoms with Gasteiger partial charge in [0.05, 0.1) is 42.4 Å². The van der Waals surface area contributed by atoms with Crippen LogP contribution in [-0.4, -0.2) is 43.0 Å². The van der Waals surface area contributed by atoms with Crippen molar-refractivity contribution in [3.8, 4) is 0 Å². The molecule has 0 spiro atoms. The van der Waals surface area contributed by atoms with Crippen LogP contribution in [0.15, 0.2) is 48.5 Å². The summed E-state index contributed by atoms with van der Waals surface area (Å²) in [6.45, 7) is 4.41. The molecule has 3 atom stereocenters. The summed E-state index contributed by atoms with van der Waals surface area (Å²) < 4.78 is 33.6. The fourth-order valence-electron chi connectivity index (χ4n) is 5.61. The summed E-state index contributed by atoms with van der Waals surface area (Å²) in [7, 11) is -3.54. The quantitative estimate of drug-likeness (QED) is 0.486. The molecule has 1 aliphatic carbocycles. The van der Waals surface area contributed by atoms with E-state index in [2.05, 4.69) is 6.92 Å². The molecular formula is C27H35NO6S. The van der Waals surface area contributed by atoms with Crippen molar-refractivity contribution >= 4 is 21.7 Å². The van der Waals surface area contributed by atoms with Crippen LogP contribution < -0.4 is 4.31 Å². The van der Waals surface area contributed by atoms with Crippen molar-refractivity contribution in [3.05, 3.63) is 65.2 Å². The predicted octanol–water partition coefficient (Wildman–Crippen LogP) is 4.76. The Kier molecular flexibility index (Phi) is 7.54. The normalized spacial score (nSPS) is 23.6. The van der Waals surface area contributed by atoms with E-state index in [0.717, 1.165) is 43.2 Å². The van der Waals surface area contributed by atoms with Gasteiger partial charge in [-0.3, -0.25) is 4.31 Å². The summed E-state index contributed by atoms with van der Waals surface area (Å²) in [4.78, 5) is 11.2. The fourth-order valence-corrected chi connectivity index (χ4v) is 7.77. The summed E-state index contributed by atoms with van der Waals surface area (Å²) in [5.41, 5.74) is 2.11. The summed E-state index contributed by atoms with van der Waals surface area (Å²) in [5, 5.41) is 20.4. The van der Waals surface area contributed by atoms with Crippen LogP contribution in [0.1, 0.15) is 73.5 Å². The first-order valence-corrected chi connectivity index (χ1v) is 14.0. The number of aromatic carboxylic acids is 1. The average Bonchev–Trinajstić information content (AvgIpc) is 3.03. The van der Waals surface area contributed by atoms with Crippen LogP contribution in [-0.2, 0) is 21.4 Å². The minimum absolute atomic E-state index is 0.0298. The number of aliphatic hydroxyl groups is 1. The van der Waals surface area contributed by atoms with E-state index in [-0.39, 0.29) is 41.9 Å². The molecule has 35 heavy (non-hydrogen) atoms. The Balaban J connectivity index is 1.53. The van der Waals surface area contributed by atoms with Gasteiger partial charge >= 0.3 is 5.97 Å². The number of carboxylic acids is 1. The summed E-state index contributed by atoms with van der Waals surface area (Å²) in [6, 6.07) is 13.5. The van der Waals surface area contributed by atoms with E-state index in [1.165, 1.54) is 10.4 Å². The number of benzene rings is 2. The number of hydrogen-bond acceptors (Lipinski definition) is 5. The molecular weight excluding hydrogens is 466 g/mol. The number of ether oxygens (including phenoxy) is 1. The first-order valence-electron chi connectivity index (χ1n) is 12.4. The Morgan fingerprint density at radius 1 is 1.20 bits per heavy atom. The predicted molar refractivity (Wildman–Crippen MR) is 135 cm³/mol. The Morgan fingerprint density at radius 2 is 1.94 bits per heavy atom. The third-order valence-electron chi connectivity index (χ3n) is 7.58. The highest BCUT2D eigenvalue weighted by molar-refractivity contribution is 7.93. The number of anilines is 1. The van der Waals surface area contributed by atoms with Crippen LogP contribution >= 0.6 is 0 Å². The van der Waals surface area contributed by atoms with Gasteiger partial charge in [-0.25, -0.2) is 13.2 Å².